The van der Waals surface area contributed by atoms with Crippen LogP contribution in [0.15, 0.2) is 46.6 Å². The van der Waals surface area contributed by atoms with Crippen LogP contribution in [-0.2, 0) is 17.9 Å². The van der Waals surface area contributed by atoms with Gasteiger partial charge in [-0.2, -0.15) is 9.36 Å². The first-order chi connectivity index (χ1) is 11.5. The molecule has 0 fully saturated rings. The van der Waals surface area contributed by atoms with E-state index in [-0.39, 0.29) is 12.5 Å². The van der Waals surface area contributed by atoms with E-state index in [4.69, 9.17) is 11.6 Å². The highest BCUT2D eigenvalue weighted by molar-refractivity contribution is 7.12. The Labute approximate surface area is 146 Å². The van der Waals surface area contributed by atoms with E-state index in [1.54, 1.807) is 25.2 Å². The fourth-order valence-electron chi connectivity index (χ4n) is 2.10. The minimum Gasteiger partial charge on any atom is -0.340 e. The summed E-state index contributed by atoms with van der Waals surface area (Å²) in [5.74, 6) is -0.231. The molecule has 0 saturated carbocycles. The van der Waals surface area contributed by atoms with E-state index in [1.165, 1.54) is 20.9 Å². The van der Waals surface area contributed by atoms with Gasteiger partial charge in [0.15, 0.2) is 0 Å². The number of benzene rings is 1. The van der Waals surface area contributed by atoms with Crippen molar-refractivity contribution in [2.75, 3.05) is 7.05 Å². The van der Waals surface area contributed by atoms with Crippen molar-refractivity contribution in [2.24, 2.45) is 0 Å². The summed E-state index contributed by atoms with van der Waals surface area (Å²) in [5.41, 5.74) is 0.510. The van der Waals surface area contributed by atoms with Gasteiger partial charge in [0.2, 0.25) is 5.91 Å². The number of hydrogen-bond donors (Lipinski definition) is 0. The molecule has 0 bridgehead atoms. The molecule has 2 heterocycles. The summed E-state index contributed by atoms with van der Waals surface area (Å²) in [6.07, 6.45) is 0. The summed E-state index contributed by atoms with van der Waals surface area (Å²) in [4.78, 5) is 26.1. The van der Waals surface area contributed by atoms with Crippen molar-refractivity contribution in [3.8, 4) is 5.00 Å². The van der Waals surface area contributed by atoms with Crippen LogP contribution in [0, 0.1) is 0 Å². The monoisotopic (exact) mass is 363 g/mol. The lowest BCUT2D eigenvalue weighted by Gasteiger charge is -2.16. The van der Waals surface area contributed by atoms with Crippen LogP contribution in [0.2, 0.25) is 5.02 Å². The second-order valence-corrected chi connectivity index (χ2v) is 6.52. The molecule has 3 rings (SSSR count). The SMILES string of the molecule is CN(Cc1ccc(Cl)cc1)C(=O)Cn1nnn(-c2cccs2)c1=O. The summed E-state index contributed by atoms with van der Waals surface area (Å²) in [6, 6.07) is 10.8. The molecule has 0 atom stereocenters. The molecule has 0 aliphatic carbocycles. The molecule has 7 nitrogen and oxygen atoms in total. The molecule has 1 amide bonds. The zero-order chi connectivity index (χ0) is 17.1. The van der Waals surface area contributed by atoms with Gasteiger partial charge in [-0.25, -0.2) is 4.79 Å². The average molecular weight is 364 g/mol. The van der Waals surface area contributed by atoms with E-state index in [0.29, 0.717) is 16.6 Å². The van der Waals surface area contributed by atoms with Crippen molar-refractivity contribution >= 4 is 28.8 Å². The van der Waals surface area contributed by atoms with Crippen LogP contribution in [0.4, 0.5) is 0 Å². The molecule has 0 aliphatic rings. The number of carbonyl (C=O) groups excluding carboxylic acids is 1. The van der Waals surface area contributed by atoms with Gasteiger partial charge in [0.1, 0.15) is 11.5 Å². The number of carbonyl (C=O) groups is 1. The highest BCUT2D eigenvalue weighted by Crippen LogP contribution is 2.12. The van der Waals surface area contributed by atoms with Gasteiger partial charge in [-0.1, -0.05) is 23.7 Å². The first kappa shape index (κ1) is 16.4. The van der Waals surface area contributed by atoms with Crippen LogP contribution in [0.25, 0.3) is 5.00 Å². The normalized spacial score (nSPS) is 10.8. The Balaban J connectivity index is 1.68. The maximum Gasteiger partial charge on any atom is 0.369 e. The molecule has 0 N–H and O–H groups in total. The number of thiophene rings is 1. The highest BCUT2D eigenvalue weighted by atomic mass is 35.5. The molecular weight excluding hydrogens is 350 g/mol. The van der Waals surface area contributed by atoms with Gasteiger partial charge in [-0.3, -0.25) is 4.79 Å². The average Bonchev–Trinajstić information content (AvgIpc) is 3.20. The van der Waals surface area contributed by atoms with Gasteiger partial charge in [0.05, 0.1) is 0 Å². The second-order valence-electron chi connectivity index (χ2n) is 5.16. The van der Waals surface area contributed by atoms with E-state index in [1.807, 2.05) is 23.6 Å². The Morgan fingerprint density at radius 3 is 2.67 bits per heavy atom. The topological polar surface area (TPSA) is 73.0 Å². The first-order valence-electron chi connectivity index (χ1n) is 7.09. The molecule has 124 valence electrons. The van der Waals surface area contributed by atoms with Gasteiger partial charge < -0.3 is 4.90 Å². The third-order valence-electron chi connectivity index (χ3n) is 3.40. The van der Waals surface area contributed by atoms with Crippen LogP contribution >= 0.6 is 22.9 Å². The molecule has 0 unspecified atom stereocenters. The maximum atomic E-state index is 12.3. The van der Waals surface area contributed by atoms with Crippen molar-refractivity contribution in [3.05, 3.63) is 62.8 Å². The van der Waals surface area contributed by atoms with E-state index in [9.17, 15) is 9.59 Å². The number of hydrogen-bond acceptors (Lipinski definition) is 5. The van der Waals surface area contributed by atoms with Crippen molar-refractivity contribution < 1.29 is 4.79 Å². The van der Waals surface area contributed by atoms with Gasteiger partial charge in [-0.05, 0) is 45.6 Å². The minimum atomic E-state index is -0.439. The Morgan fingerprint density at radius 1 is 1.25 bits per heavy atom. The number of tetrazole rings is 1. The number of amides is 1. The molecule has 0 radical (unpaired) electrons. The number of nitrogens with zero attached hydrogens (tertiary/aromatic N) is 5. The predicted molar refractivity (Wildman–Crippen MR) is 91.4 cm³/mol. The van der Waals surface area contributed by atoms with Crippen molar-refractivity contribution in [1.29, 1.82) is 0 Å². The summed E-state index contributed by atoms with van der Waals surface area (Å²) in [6.45, 7) is 0.262. The molecule has 0 aliphatic heterocycles. The fraction of sp³-hybridized carbons (Fsp3) is 0.200. The van der Waals surface area contributed by atoms with E-state index in [2.05, 4.69) is 10.4 Å². The Morgan fingerprint density at radius 2 is 2.00 bits per heavy atom. The van der Waals surface area contributed by atoms with E-state index >= 15 is 0 Å². The zero-order valence-corrected chi connectivity index (χ0v) is 14.4. The highest BCUT2D eigenvalue weighted by Gasteiger charge is 2.15. The lowest BCUT2D eigenvalue weighted by Crippen LogP contribution is -2.34. The molecule has 2 aromatic heterocycles. The molecule has 0 saturated heterocycles. The number of halogens is 1. The zero-order valence-electron chi connectivity index (χ0n) is 12.8. The Hall–Kier alpha value is -2.45. The van der Waals surface area contributed by atoms with Crippen molar-refractivity contribution in [3.63, 3.8) is 0 Å². The number of aromatic nitrogens is 4. The van der Waals surface area contributed by atoms with Crippen LogP contribution < -0.4 is 5.69 Å². The number of likely N-dealkylation sites (N-methyl/N-ethyl adjacent to an activating group) is 1. The fourth-order valence-corrected chi connectivity index (χ4v) is 2.90. The summed E-state index contributed by atoms with van der Waals surface area (Å²) in [7, 11) is 1.67. The lowest BCUT2D eigenvalue weighted by molar-refractivity contribution is -0.131. The molecule has 1 aromatic carbocycles. The lowest BCUT2D eigenvalue weighted by atomic mass is 10.2. The maximum absolute atomic E-state index is 12.3. The van der Waals surface area contributed by atoms with Crippen LogP contribution in [0.3, 0.4) is 0 Å². The minimum absolute atomic E-state index is 0.158. The smallest absolute Gasteiger partial charge is 0.340 e. The molecule has 9 heteroatoms. The van der Waals surface area contributed by atoms with Crippen molar-refractivity contribution in [1.82, 2.24) is 24.7 Å². The largest absolute Gasteiger partial charge is 0.369 e. The molecule has 0 spiro atoms. The van der Waals surface area contributed by atoms with Gasteiger partial charge in [0, 0.05) is 18.6 Å². The van der Waals surface area contributed by atoms with Crippen LogP contribution in [-0.4, -0.2) is 37.6 Å². The summed E-state index contributed by atoms with van der Waals surface area (Å²) in [5, 5.41) is 10.7. The quantitative estimate of drug-likeness (QED) is 0.693. The summed E-state index contributed by atoms with van der Waals surface area (Å²) >= 11 is 7.22. The van der Waals surface area contributed by atoms with Crippen LogP contribution in [0.5, 0.6) is 0 Å². The van der Waals surface area contributed by atoms with E-state index in [0.717, 1.165) is 10.2 Å². The van der Waals surface area contributed by atoms with E-state index < -0.39 is 5.69 Å². The molecule has 3 aromatic rings. The standard InChI is InChI=1S/C15H14ClN5O2S/c1-19(9-11-4-6-12(16)7-5-11)13(22)10-20-15(23)21(18-17-20)14-3-2-8-24-14/h2-8H,9-10H2,1H3. The van der Waals surface area contributed by atoms with Crippen LogP contribution in [0.1, 0.15) is 5.56 Å². The third-order valence-corrected chi connectivity index (χ3v) is 4.49. The van der Waals surface area contributed by atoms with Gasteiger partial charge in [0.25, 0.3) is 0 Å². The summed E-state index contributed by atoms with van der Waals surface area (Å²) < 4.78 is 2.23. The molecular formula is C15H14ClN5O2S. The Kier molecular flexibility index (Phi) is 4.77. The van der Waals surface area contributed by atoms with Gasteiger partial charge in [-0.15, -0.1) is 11.3 Å². The first-order valence-corrected chi connectivity index (χ1v) is 8.35. The number of rotatable bonds is 5. The van der Waals surface area contributed by atoms with Gasteiger partial charge >= 0.3 is 5.69 Å². The second kappa shape index (κ2) is 6.98. The molecule has 24 heavy (non-hydrogen) atoms. The van der Waals surface area contributed by atoms with Crippen molar-refractivity contribution in [2.45, 2.75) is 13.1 Å². The predicted octanol–water partition coefficient (Wildman–Crippen LogP) is 1.80. The Bertz CT molecular complexity index is 885. The third kappa shape index (κ3) is 3.55.